The maximum Gasteiger partial charge on any atom is 0.224 e. The number of nitrogens with one attached hydrogen (secondary N) is 1. The van der Waals surface area contributed by atoms with Crippen molar-refractivity contribution in [3.8, 4) is 10.6 Å². The first kappa shape index (κ1) is 17.4. The highest BCUT2D eigenvalue weighted by Gasteiger charge is 2.07. The number of aromatic nitrogens is 3. The fourth-order valence-corrected chi connectivity index (χ4v) is 3.99. The zero-order chi connectivity index (χ0) is 18.6. The van der Waals surface area contributed by atoms with E-state index in [4.69, 9.17) is 4.98 Å². The van der Waals surface area contributed by atoms with E-state index in [1.165, 1.54) is 10.3 Å². The molecule has 6 heteroatoms. The maximum absolute atomic E-state index is 12.1. The first-order valence-corrected chi connectivity index (χ1v) is 9.72. The Morgan fingerprint density at radius 2 is 2.04 bits per heavy atom. The van der Waals surface area contributed by atoms with Crippen LogP contribution in [0.5, 0.6) is 0 Å². The van der Waals surface area contributed by atoms with Crippen molar-refractivity contribution in [2.24, 2.45) is 0 Å². The van der Waals surface area contributed by atoms with Gasteiger partial charge < -0.3 is 9.88 Å². The number of aryl methyl sites for hydroxylation is 2. The van der Waals surface area contributed by atoms with Crippen LogP contribution in [0.1, 0.15) is 18.4 Å². The number of benzene rings is 2. The second-order valence-corrected chi connectivity index (χ2v) is 7.55. The Morgan fingerprint density at radius 3 is 2.81 bits per heavy atom. The van der Waals surface area contributed by atoms with Crippen molar-refractivity contribution < 1.29 is 4.79 Å². The third-order valence-electron chi connectivity index (χ3n) is 4.34. The average Bonchev–Trinajstić information content (AvgIpc) is 3.31. The van der Waals surface area contributed by atoms with Gasteiger partial charge in [-0.15, -0.1) is 11.3 Å². The van der Waals surface area contributed by atoms with Gasteiger partial charge in [-0.3, -0.25) is 4.79 Å². The Hall–Kier alpha value is -2.99. The standard InChI is InChI=1S/C21H20N4OS/c1-15-4-9-18-19(13-15)27-21(24-18)16-5-7-17(8-6-16)23-20(26)3-2-11-25-12-10-22-14-25/h4-10,12-14H,2-3,11H2,1H3,(H,23,26). The van der Waals surface area contributed by atoms with Crippen molar-refractivity contribution in [1.82, 2.24) is 14.5 Å². The predicted octanol–water partition coefficient (Wildman–Crippen LogP) is 4.89. The second kappa shape index (κ2) is 7.72. The van der Waals surface area contributed by atoms with Crippen molar-refractivity contribution >= 4 is 33.1 Å². The molecule has 1 amide bonds. The number of nitrogens with zero attached hydrogens (tertiary/aromatic N) is 3. The van der Waals surface area contributed by atoms with Gasteiger partial charge in [0.1, 0.15) is 5.01 Å². The Bertz CT molecular complexity index is 1050. The summed E-state index contributed by atoms with van der Waals surface area (Å²) < 4.78 is 3.17. The van der Waals surface area contributed by atoms with Crippen molar-refractivity contribution in [1.29, 1.82) is 0 Å². The molecule has 0 aliphatic heterocycles. The van der Waals surface area contributed by atoms with Crippen LogP contribution in [-0.4, -0.2) is 20.4 Å². The highest BCUT2D eigenvalue weighted by Crippen LogP contribution is 2.31. The molecule has 0 aliphatic rings. The number of anilines is 1. The second-order valence-electron chi connectivity index (χ2n) is 6.52. The molecule has 0 unspecified atom stereocenters. The number of hydrogen-bond donors (Lipinski definition) is 1. The molecule has 0 aliphatic carbocycles. The van der Waals surface area contributed by atoms with Crippen LogP contribution < -0.4 is 5.32 Å². The number of amides is 1. The van der Waals surface area contributed by atoms with Crippen LogP contribution in [0.2, 0.25) is 0 Å². The fraction of sp³-hybridized carbons (Fsp3) is 0.190. The molecule has 0 spiro atoms. The molecule has 4 aromatic rings. The molecule has 0 atom stereocenters. The summed E-state index contributed by atoms with van der Waals surface area (Å²) in [6, 6.07) is 14.2. The smallest absolute Gasteiger partial charge is 0.224 e. The number of rotatable bonds is 6. The summed E-state index contributed by atoms with van der Waals surface area (Å²) >= 11 is 1.69. The Kier molecular flexibility index (Phi) is 4.98. The van der Waals surface area contributed by atoms with Gasteiger partial charge in [-0.2, -0.15) is 0 Å². The lowest BCUT2D eigenvalue weighted by Crippen LogP contribution is -2.12. The molecule has 4 rings (SSSR count). The number of imidazole rings is 1. The van der Waals surface area contributed by atoms with Crippen LogP contribution in [0.15, 0.2) is 61.2 Å². The molecule has 0 saturated heterocycles. The summed E-state index contributed by atoms with van der Waals surface area (Å²) in [6.45, 7) is 2.88. The Labute approximate surface area is 161 Å². The van der Waals surface area contributed by atoms with E-state index in [1.54, 1.807) is 23.9 Å². The molecule has 27 heavy (non-hydrogen) atoms. The summed E-state index contributed by atoms with van der Waals surface area (Å²) in [4.78, 5) is 20.8. The van der Waals surface area contributed by atoms with Crippen LogP contribution in [0.3, 0.4) is 0 Å². The molecule has 1 N–H and O–H groups in total. The van der Waals surface area contributed by atoms with Crippen molar-refractivity contribution in [2.75, 3.05) is 5.32 Å². The minimum atomic E-state index is 0.0262. The number of hydrogen-bond acceptors (Lipinski definition) is 4. The first-order valence-electron chi connectivity index (χ1n) is 8.90. The highest BCUT2D eigenvalue weighted by molar-refractivity contribution is 7.21. The summed E-state index contributed by atoms with van der Waals surface area (Å²) in [6.07, 6.45) is 6.68. The van der Waals surface area contributed by atoms with E-state index in [9.17, 15) is 4.79 Å². The molecule has 0 radical (unpaired) electrons. The van der Waals surface area contributed by atoms with E-state index in [0.29, 0.717) is 6.42 Å². The molecule has 5 nitrogen and oxygen atoms in total. The van der Waals surface area contributed by atoms with E-state index in [0.717, 1.165) is 34.7 Å². The SMILES string of the molecule is Cc1ccc2nc(-c3ccc(NC(=O)CCCn4ccnc4)cc3)sc2c1. The van der Waals surface area contributed by atoms with Crippen molar-refractivity contribution in [3.63, 3.8) is 0 Å². The zero-order valence-electron chi connectivity index (χ0n) is 15.1. The van der Waals surface area contributed by atoms with Gasteiger partial charge in [0.05, 0.1) is 16.5 Å². The van der Waals surface area contributed by atoms with Crippen molar-refractivity contribution in [3.05, 3.63) is 66.7 Å². The third-order valence-corrected chi connectivity index (χ3v) is 5.41. The average molecular weight is 376 g/mol. The van der Waals surface area contributed by atoms with Gasteiger partial charge in [-0.05, 0) is 55.3 Å². The van der Waals surface area contributed by atoms with Crippen LogP contribution in [0, 0.1) is 6.92 Å². The molecule has 0 saturated carbocycles. The molecule has 2 aromatic heterocycles. The molecule has 0 fully saturated rings. The molecule has 0 bridgehead atoms. The summed E-state index contributed by atoms with van der Waals surface area (Å²) in [5.74, 6) is 0.0262. The lowest BCUT2D eigenvalue weighted by Gasteiger charge is -2.06. The molecular formula is C21H20N4OS. The topological polar surface area (TPSA) is 59.8 Å². The molecule has 136 valence electrons. The zero-order valence-corrected chi connectivity index (χ0v) is 15.9. The number of fused-ring (bicyclic) bond motifs is 1. The Balaban J connectivity index is 1.37. The monoisotopic (exact) mass is 376 g/mol. The van der Waals surface area contributed by atoms with Gasteiger partial charge in [-0.1, -0.05) is 6.07 Å². The van der Waals surface area contributed by atoms with Gasteiger partial charge >= 0.3 is 0 Å². The van der Waals surface area contributed by atoms with Crippen LogP contribution in [0.25, 0.3) is 20.8 Å². The van der Waals surface area contributed by atoms with Gasteiger partial charge in [0, 0.05) is 36.6 Å². The lowest BCUT2D eigenvalue weighted by atomic mass is 10.2. The summed E-state index contributed by atoms with van der Waals surface area (Å²) in [7, 11) is 0. The predicted molar refractivity (Wildman–Crippen MR) is 110 cm³/mol. The van der Waals surface area contributed by atoms with Crippen LogP contribution >= 0.6 is 11.3 Å². The molecule has 2 heterocycles. The molecular weight excluding hydrogens is 356 g/mol. The first-order chi connectivity index (χ1) is 13.2. The molecule has 2 aromatic carbocycles. The van der Waals surface area contributed by atoms with E-state index in [2.05, 4.69) is 35.4 Å². The minimum Gasteiger partial charge on any atom is -0.337 e. The summed E-state index contributed by atoms with van der Waals surface area (Å²) in [5.41, 5.74) is 4.13. The van der Waals surface area contributed by atoms with Crippen LogP contribution in [0.4, 0.5) is 5.69 Å². The summed E-state index contributed by atoms with van der Waals surface area (Å²) in [5, 5.41) is 3.95. The van der Waals surface area contributed by atoms with Gasteiger partial charge in [0.25, 0.3) is 0 Å². The fourth-order valence-electron chi connectivity index (χ4n) is 2.92. The van der Waals surface area contributed by atoms with Gasteiger partial charge in [-0.25, -0.2) is 9.97 Å². The van der Waals surface area contributed by atoms with Crippen molar-refractivity contribution in [2.45, 2.75) is 26.3 Å². The van der Waals surface area contributed by atoms with Gasteiger partial charge in [0.15, 0.2) is 0 Å². The van der Waals surface area contributed by atoms with E-state index < -0.39 is 0 Å². The number of carbonyl (C=O) groups excluding carboxylic acids is 1. The Morgan fingerprint density at radius 1 is 1.19 bits per heavy atom. The number of carbonyl (C=O) groups is 1. The normalized spacial score (nSPS) is 11.0. The van der Waals surface area contributed by atoms with Gasteiger partial charge in [0.2, 0.25) is 5.91 Å². The number of thiazole rings is 1. The minimum absolute atomic E-state index is 0.0262. The lowest BCUT2D eigenvalue weighted by molar-refractivity contribution is -0.116. The van der Waals surface area contributed by atoms with Crippen LogP contribution in [-0.2, 0) is 11.3 Å². The quantitative estimate of drug-likeness (QED) is 0.521. The van der Waals surface area contributed by atoms with E-state index >= 15 is 0 Å². The van der Waals surface area contributed by atoms with E-state index in [1.807, 2.05) is 35.0 Å². The van der Waals surface area contributed by atoms with E-state index in [-0.39, 0.29) is 5.91 Å². The largest absolute Gasteiger partial charge is 0.337 e. The maximum atomic E-state index is 12.1. The third kappa shape index (κ3) is 4.23. The highest BCUT2D eigenvalue weighted by atomic mass is 32.1.